The van der Waals surface area contributed by atoms with Gasteiger partial charge in [0, 0.05) is 13.0 Å². The van der Waals surface area contributed by atoms with Crippen LogP contribution in [-0.4, -0.2) is 52.7 Å². The summed E-state index contributed by atoms with van der Waals surface area (Å²) in [6, 6.07) is 19.5. The van der Waals surface area contributed by atoms with Gasteiger partial charge in [-0.3, -0.25) is 9.59 Å². The highest BCUT2D eigenvalue weighted by Gasteiger charge is 2.36. The number of aryl methyl sites for hydroxylation is 2. The summed E-state index contributed by atoms with van der Waals surface area (Å²) in [7, 11) is 0. The molecule has 0 bridgehead atoms. The number of carbonyl (C=O) groups excluding carboxylic acids is 3. The summed E-state index contributed by atoms with van der Waals surface area (Å²) >= 11 is 6.41. The molecular weight excluding hydrogens is 542 g/mol. The number of ether oxygens (including phenoxy) is 1. The predicted octanol–water partition coefficient (Wildman–Crippen LogP) is 5.59. The average molecular weight is 580 g/mol. The number of hydrogen-bond donors (Lipinski definition) is 3. The van der Waals surface area contributed by atoms with Crippen molar-refractivity contribution in [3.8, 4) is 0 Å². The van der Waals surface area contributed by atoms with Crippen LogP contribution in [0, 0.1) is 13.8 Å². The monoisotopic (exact) mass is 579 g/mol. The molecule has 0 fully saturated rings. The summed E-state index contributed by atoms with van der Waals surface area (Å²) < 4.78 is 5.45. The van der Waals surface area contributed by atoms with Crippen LogP contribution >= 0.6 is 11.6 Å². The minimum absolute atomic E-state index is 0.145. The van der Waals surface area contributed by atoms with E-state index in [-0.39, 0.29) is 13.0 Å². The van der Waals surface area contributed by atoms with Gasteiger partial charge in [-0.15, -0.1) is 0 Å². The van der Waals surface area contributed by atoms with E-state index in [1.165, 1.54) is 4.90 Å². The minimum atomic E-state index is -1.14. The first-order chi connectivity index (χ1) is 19.4. The number of carbonyl (C=O) groups is 3. The van der Waals surface area contributed by atoms with E-state index in [0.29, 0.717) is 16.3 Å². The lowest BCUT2D eigenvalue weighted by molar-refractivity contribution is -0.141. The molecule has 0 aliphatic carbocycles. The largest absolute Gasteiger partial charge is 0.444 e. The standard InChI is InChI=1S/C32H38ClN3O5/c1-21-11-9-15-24(19-21)28(29(38)35-27-22(2)12-10-16-25(27)33)36(17-18-37)30(39)26(20-23-13-7-6-8-14-23)34-31(40)41-32(3,4)5/h6-16,19,26,28,37H,17-18,20H2,1-5H3,(H,34,40)(H,35,38). The molecule has 218 valence electrons. The molecule has 0 aliphatic heterocycles. The van der Waals surface area contributed by atoms with Crippen molar-refractivity contribution in [2.75, 3.05) is 18.5 Å². The molecule has 0 saturated heterocycles. The Balaban J connectivity index is 2.06. The summed E-state index contributed by atoms with van der Waals surface area (Å²) in [5, 5.41) is 16.0. The van der Waals surface area contributed by atoms with Crippen molar-refractivity contribution in [3.05, 3.63) is 100 Å². The molecule has 41 heavy (non-hydrogen) atoms. The highest BCUT2D eigenvalue weighted by molar-refractivity contribution is 6.34. The van der Waals surface area contributed by atoms with Crippen molar-refractivity contribution in [1.82, 2.24) is 10.2 Å². The molecule has 8 nitrogen and oxygen atoms in total. The number of benzene rings is 3. The predicted molar refractivity (Wildman–Crippen MR) is 161 cm³/mol. The number of nitrogens with one attached hydrogen (secondary N) is 2. The number of aliphatic hydroxyl groups is 1. The van der Waals surface area contributed by atoms with Gasteiger partial charge < -0.3 is 25.4 Å². The number of halogens is 1. The Morgan fingerprint density at radius 1 is 0.976 bits per heavy atom. The van der Waals surface area contributed by atoms with E-state index in [2.05, 4.69) is 10.6 Å². The molecule has 3 aromatic carbocycles. The van der Waals surface area contributed by atoms with Crippen molar-refractivity contribution in [3.63, 3.8) is 0 Å². The maximum Gasteiger partial charge on any atom is 0.408 e. The van der Waals surface area contributed by atoms with Crippen LogP contribution in [0.15, 0.2) is 72.8 Å². The van der Waals surface area contributed by atoms with Gasteiger partial charge in [0.2, 0.25) is 5.91 Å². The van der Waals surface area contributed by atoms with Crippen LogP contribution in [-0.2, 0) is 20.7 Å². The fourth-order valence-corrected chi connectivity index (χ4v) is 4.74. The van der Waals surface area contributed by atoms with Crippen LogP contribution in [0.4, 0.5) is 10.5 Å². The smallest absolute Gasteiger partial charge is 0.408 e. The van der Waals surface area contributed by atoms with Gasteiger partial charge in [0.25, 0.3) is 5.91 Å². The molecule has 3 rings (SSSR count). The van der Waals surface area contributed by atoms with Crippen molar-refractivity contribution in [1.29, 1.82) is 0 Å². The molecule has 9 heteroatoms. The van der Waals surface area contributed by atoms with Crippen LogP contribution in [0.1, 0.15) is 49.1 Å². The topological polar surface area (TPSA) is 108 Å². The molecule has 3 N–H and O–H groups in total. The Hall–Kier alpha value is -3.88. The highest BCUT2D eigenvalue weighted by atomic mass is 35.5. The lowest BCUT2D eigenvalue weighted by Gasteiger charge is -2.34. The van der Waals surface area contributed by atoms with Gasteiger partial charge in [-0.1, -0.05) is 83.9 Å². The molecular formula is C32H38ClN3O5. The van der Waals surface area contributed by atoms with E-state index in [0.717, 1.165) is 16.7 Å². The minimum Gasteiger partial charge on any atom is -0.444 e. The van der Waals surface area contributed by atoms with E-state index in [1.54, 1.807) is 45.0 Å². The Bertz CT molecular complexity index is 1340. The lowest BCUT2D eigenvalue weighted by atomic mass is 9.99. The fourth-order valence-electron chi connectivity index (χ4n) is 4.47. The normalized spacial score (nSPS) is 12.7. The van der Waals surface area contributed by atoms with Crippen LogP contribution in [0.5, 0.6) is 0 Å². The summed E-state index contributed by atoms with van der Waals surface area (Å²) in [6.07, 6.45) is -0.619. The first kappa shape index (κ1) is 31.6. The maximum atomic E-state index is 14.3. The van der Waals surface area contributed by atoms with Crippen molar-refractivity contribution in [2.45, 2.75) is 58.7 Å². The molecule has 0 saturated carbocycles. The fraction of sp³-hybridized carbons (Fsp3) is 0.344. The van der Waals surface area contributed by atoms with E-state index >= 15 is 0 Å². The van der Waals surface area contributed by atoms with Gasteiger partial charge in [0.05, 0.1) is 17.3 Å². The van der Waals surface area contributed by atoms with Gasteiger partial charge in [-0.25, -0.2) is 4.79 Å². The van der Waals surface area contributed by atoms with Crippen molar-refractivity contribution >= 4 is 35.2 Å². The van der Waals surface area contributed by atoms with E-state index < -0.39 is 42.2 Å². The second kappa shape index (κ2) is 14.1. The number of anilines is 1. The number of alkyl carbamates (subject to hydrolysis) is 1. The molecule has 0 aromatic heterocycles. The SMILES string of the molecule is Cc1cccc(C(C(=O)Nc2c(C)cccc2Cl)N(CCO)C(=O)C(Cc2ccccc2)NC(=O)OC(C)(C)C)c1. The molecule has 0 spiro atoms. The maximum absolute atomic E-state index is 14.3. The second-order valence-corrected chi connectivity index (χ2v) is 11.3. The zero-order valence-corrected chi connectivity index (χ0v) is 24.9. The molecule has 0 heterocycles. The number of amides is 3. The molecule has 3 amide bonds. The van der Waals surface area contributed by atoms with Crippen molar-refractivity contribution < 1.29 is 24.2 Å². The summed E-state index contributed by atoms with van der Waals surface area (Å²) in [5.74, 6) is -1.06. The first-order valence-corrected chi connectivity index (χ1v) is 13.8. The van der Waals surface area contributed by atoms with Gasteiger partial charge in [-0.2, -0.15) is 0 Å². The summed E-state index contributed by atoms with van der Waals surface area (Å²) in [4.78, 5) is 42.4. The molecule has 2 unspecified atom stereocenters. The molecule has 2 atom stereocenters. The van der Waals surface area contributed by atoms with Crippen LogP contribution in [0.2, 0.25) is 5.02 Å². The van der Waals surface area contributed by atoms with Crippen LogP contribution < -0.4 is 10.6 Å². The number of aliphatic hydroxyl groups excluding tert-OH is 1. The van der Waals surface area contributed by atoms with E-state index in [9.17, 15) is 19.5 Å². The Kier molecular flexibility index (Phi) is 10.9. The van der Waals surface area contributed by atoms with E-state index in [1.807, 2.05) is 62.4 Å². The number of hydrogen-bond acceptors (Lipinski definition) is 5. The number of para-hydroxylation sites is 1. The molecule has 3 aromatic rings. The van der Waals surface area contributed by atoms with Gasteiger partial charge in [0.1, 0.15) is 17.7 Å². The Morgan fingerprint density at radius 3 is 2.27 bits per heavy atom. The third-order valence-corrected chi connectivity index (χ3v) is 6.60. The second-order valence-electron chi connectivity index (χ2n) is 10.9. The zero-order valence-electron chi connectivity index (χ0n) is 24.1. The van der Waals surface area contributed by atoms with Crippen LogP contribution in [0.25, 0.3) is 0 Å². The Labute approximate surface area is 246 Å². The van der Waals surface area contributed by atoms with Crippen LogP contribution in [0.3, 0.4) is 0 Å². The average Bonchev–Trinajstić information content (AvgIpc) is 2.89. The third-order valence-electron chi connectivity index (χ3n) is 6.28. The lowest BCUT2D eigenvalue weighted by Crippen LogP contribution is -2.53. The molecule has 0 aliphatic rings. The number of nitrogens with zero attached hydrogens (tertiary/aromatic N) is 1. The van der Waals surface area contributed by atoms with Gasteiger partial charge in [-0.05, 0) is 57.4 Å². The highest BCUT2D eigenvalue weighted by Crippen LogP contribution is 2.30. The summed E-state index contributed by atoms with van der Waals surface area (Å²) in [6.45, 7) is 8.33. The van der Waals surface area contributed by atoms with Crippen molar-refractivity contribution in [2.24, 2.45) is 0 Å². The van der Waals surface area contributed by atoms with Gasteiger partial charge in [0.15, 0.2) is 0 Å². The Morgan fingerprint density at radius 2 is 1.66 bits per heavy atom. The zero-order chi connectivity index (χ0) is 30.2. The third kappa shape index (κ3) is 9.06. The van der Waals surface area contributed by atoms with Gasteiger partial charge >= 0.3 is 6.09 Å². The number of rotatable bonds is 10. The quantitative estimate of drug-likeness (QED) is 0.290. The summed E-state index contributed by atoms with van der Waals surface area (Å²) in [5.41, 5.74) is 2.63. The van der Waals surface area contributed by atoms with E-state index in [4.69, 9.17) is 16.3 Å². The molecule has 0 radical (unpaired) electrons. The first-order valence-electron chi connectivity index (χ1n) is 13.5.